The predicted molar refractivity (Wildman–Crippen MR) is 180 cm³/mol. The van der Waals surface area contributed by atoms with Gasteiger partial charge in [0, 0.05) is 21.5 Å². The van der Waals surface area contributed by atoms with Gasteiger partial charge in [0.15, 0.2) is 0 Å². The Labute approximate surface area is 261 Å². The van der Waals surface area contributed by atoms with Crippen LogP contribution in [0.3, 0.4) is 0 Å². The lowest BCUT2D eigenvalue weighted by Gasteiger charge is -2.25. The number of hydrogen-bond acceptors (Lipinski definition) is 4. The molecule has 0 fully saturated rings. The van der Waals surface area contributed by atoms with Crippen LogP contribution in [-0.2, 0) is 16.2 Å². The first-order valence-electron chi connectivity index (χ1n) is 15.2. The highest BCUT2D eigenvalue weighted by atomic mass is 16.5. The van der Waals surface area contributed by atoms with Crippen molar-refractivity contribution in [2.45, 2.75) is 78.6 Å². The van der Waals surface area contributed by atoms with Gasteiger partial charge in [0.1, 0.15) is 11.5 Å². The highest BCUT2D eigenvalue weighted by molar-refractivity contribution is 6.15. The minimum Gasteiger partial charge on any atom is -0.422 e. The van der Waals surface area contributed by atoms with Gasteiger partial charge in [-0.25, -0.2) is 9.59 Å². The van der Waals surface area contributed by atoms with E-state index >= 15 is 0 Å². The molecule has 4 nitrogen and oxygen atoms in total. The number of hydrogen-bond donors (Lipinski definition) is 0. The Balaban J connectivity index is 1.66. The third kappa shape index (κ3) is 6.12. The molecule has 0 N–H and O–H groups in total. The van der Waals surface area contributed by atoms with E-state index in [1.807, 2.05) is 91.0 Å². The number of ether oxygens (including phenoxy) is 2. The second-order valence-electron chi connectivity index (χ2n) is 14.6. The van der Waals surface area contributed by atoms with E-state index in [1.54, 1.807) is 0 Å². The zero-order valence-electron chi connectivity index (χ0n) is 27.3. The van der Waals surface area contributed by atoms with Crippen molar-refractivity contribution in [1.29, 1.82) is 0 Å². The van der Waals surface area contributed by atoms with Crippen molar-refractivity contribution in [2.75, 3.05) is 0 Å². The second kappa shape index (κ2) is 11.2. The molecule has 0 radical (unpaired) electrons. The highest BCUT2D eigenvalue weighted by Gasteiger charge is 2.27. The maximum atomic E-state index is 13.7. The minimum atomic E-state index is -0.443. The Morgan fingerprint density at radius 3 is 1.30 bits per heavy atom. The summed E-state index contributed by atoms with van der Waals surface area (Å²) in [5.74, 6) is 0.0207. The molecule has 0 aliphatic rings. The summed E-state index contributed by atoms with van der Waals surface area (Å²) in [6, 6.07) is 28.7. The van der Waals surface area contributed by atoms with Crippen LogP contribution in [0.4, 0.5) is 0 Å². The molecule has 44 heavy (non-hydrogen) atoms. The first kappa shape index (κ1) is 31.0. The van der Waals surface area contributed by atoms with Crippen LogP contribution in [0.15, 0.2) is 91.0 Å². The molecule has 5 rings (SSSR count). The molecular weight excluding hydrogens is 544 g/mol. The van der Waals surface area contributed by atoms with E-state index in [9.17, 15) is 9.59 Å². The van der Waals surface area contributed by atoms with Crippen molar-refractivity contribution in [2.24, 2.45) is 0 Å². The molecule has 5 aromatic rings. The van der Waals surface area contributed by atoms with Gasteiger partial charge in [-0.3, -0.25) is 0 Å². The molecule has 0 bridgehead atoms. The average molecular weight is 587 g/mol. The summed E-state index contributed by atoms with van der Waals surface area (Å²) in [5.41, 5.74) is 3.85. The Kier molecular flexibility index (Phi) is 7.92. The fourth-order valence-electron chi connectivity index (χ4n) is 5.50. The normalized spacial score (nSPS) is 12.4. The Morgan fingerprint density at radius 2 is 0.864 bits per heavy atom. The third-order valence-corrected chi connectivity index (χ3v) is 8.12. The van der Waals surface area contributed by atoms with E-state index < -0.39 is 11.9 Å². The predicted octanol–water partition coefficient (Wildman–Crippen LogP) is 10.3. The van der Waals surface area contributed by atoms with Crippen LogP contribution in [0.1, 0.15) is 99.7 Å². The van der Waals surface area contributed by atoms with E-state index in [2.05, 4.69) is 62.3 Å². The molecule has 0 amide bonds. The van der Waals surface area contributed by atoms with Crippen LogP contribution in [0, 0.1) is 0 Å². The molecule has 0 atom stereocenters. The number of carbonyl (C=O) groups is 2. The van der Waals surface area contributed by atoms with Gasteiger partial charge in [-0.2, -0.15) is 0 Å². The zero-order chi connectivity index (χ0) is 32.0. The van der Waals surface area contributed by atoms with Gasteiger partial charge in [-0.05, 0) is 57.2 Å². The Bertz CT molecular complexity index is 1860. The standard InChI is InChI=1S/C40H42O4/c1-38(2,3)27-21-17-25(18-22-27)36(41)43-34-29-13-10-11-14-30(29)35(33-31(34)15-12-16-32(33)40(7,8)9)44-37(42)26-19-23-28(24-20-26)39(4,5)6/h10-24H,1-9H3. The molecule has 0 heterocycles. The molecule has 5 aromatic carbocycles. The summed E-state index contributed by atoms with van der Waals surface area (Å²) in [5, 5.41) is 2.85. The number of carbonyl (C=O) groups excluding carboxylic acids is 2. The van der Waals surface area contributed by atoms with Gasteiger partial charge < -0.3 is 9.47 Å². The smallest absolute Gasteiger partial charge is 0.343 e. The van der Waals surface area contributed by atoms with Gasteiger partial charge in [0.25, 0.3) is 0 Å². The summed E-state index contributed by atoms with van der Waals surface area (Å²) in [6.45, 7) is 19.2. The summed E-state index contributed by atoms with van der Waals surface area (Å²) in [7, 11) is 0. The van der Waals surface area contributed by atoms with Crippen molar-refractivity contribution in [3.8, 4) is 11.5 Å². The van der Waals surface area contributed by atoms with Crippen molar-refractivity contribution >= 4 is 33.5 Å². The van der Waals surface area contributed by atoms with Gasteiger partial charge in [0.2, 0.25) is 0 Å². The molecule has 0 unspecified atom stereocenters. The molecule has 226 valence electrons. The van der Waals surface area contributed by atoms with Gasteiger partial charge >= 0.3 is 11.9 Å². The van der Waals surface area contributed by atoms with Gasteiger partial charge in [-0.15, -0.1) is 0 Å². The molecule has 0 aromatic heterocycles. The topological polar surface area (TPSA) is 52.6 Å². The molecule has 0 aliphatic carbocycles. The average Bonchev–Trinajstić information content (AvgIpc) is 2.97. The maximum absolute atomic E-state index is 13.7. The highest BCUT2D eigenvalue weighted by Crippen LogP contribution is 2.47. The van der Waals surface area contributed by atoms with E-state index in [4.69, 9.17) is 9.47 Å². The molecular formula is C40H42O4. The Hall–Kier alpha value is -4.44. The fraction of sp³-hybridized carbons (Fsp3) is 0.300. The minimum absolute atomic E-state index is 0.0277. The first-order valence-corrected chi connectivity index (χ1v) is 15.2. The van der Waals surface area contributed by atoms with Crippen molar-refractivity contribution in [3.05, 3.63) is 119 Å². The lowest BCUT2D eigenvalue weighted by atomic mass is 9.82. The van der Waals surface area contributed by atoms with Crippen molar-refractivity contribution in [1.82, 2.24) is 0 Å². The first-order chi connectivity index (χ1) is 20.6. The number of benzene rings is 5. The van der Waals surface area contributed by atoms with Crippen LogP contribution >= 0.6 is 0 Å². The Morgan fingerprint density at radius 1 is 0.455 bits per heavy atom. The quantitative estimate of drug-likeness (QED) is 0.119. The van der Waals surface area contributed by atoms with Gasteiger partial charge in [0.05, 0.1) is 11.1 Å². The van der Waals surface area contributed by atoms with Crippen molar-refractivity contribution in [3.63, 3.8) is 0 Å². The van der Waals surface area contributed by atoms with E-state index in [-0.39, 0.29) is 16.2 Å². The number of rotatable bonds is 4. The summed E-state index contributed by atoms with van der Waals surface area (Å²) in [6.07, 6.45) is 0. The zero-order valence-corrected chi connectivity index (χ0v) is 27.3. The fourth-order valence-corrected chi connectivity index (χ4v) is 5.50. The van der Waals surface area contributed by atoms with E-state index in [1.165, 1.54) is 0 Å². The SMILES string of the molecule is CC(C)(C)c1ccc(C(=O)Oc2c3ccccc3c(OC(=O)c3ccc(C(C)(C)C)cc3)c3c(C(C)(C)C)cccc23)cc1. The van der Waals surface area contributed by atoms with Crippen LogP contribution in [0.5, 0.6) is 11.5 Å². The number of esters is 2. The molecule has 0 saturated carbocycles. The van der Waals surface area contributed by atoms with Crippen molar-refractivity contribution < 1.29 is 19.1 Å². The van der Waals surface area contributed by atoms with E-state index in [0.29, 0.717) is 38.8 Å². The molecule has 0 saturated heterocycles. The largest absolute Gasteiger partial charge is 0.422 e. The molecule has 0 aliphatic heterocycles. The number of fused-ring (bicyclic) bond motifs is 2. The van der Waals surface area contributed by atoms with Crippen LogP contribution < -0.4 is 9.47 Å². The third-order valence-electron chi connectivity index (χ3n) is 8.12. The summed E-state index contributed by atoms with van der Waals surface area (Å²) in [4.78, 5) is 27.2. The van der Waals surface area contributed by atoms with Crippen LogP contribution in [-0.4, -0.2) is 11.9 Å². The van der Waals surface area contributed by atoms with Crippen LogP contribution in [0.2, 0.25) is 0 Å². The maximum Gasteiger partial charge on any atom is 0.343 e. The van der Waals surface area contributed by atoms with Crippen LogP contribution in [0.25, 0.3) is 21.5 Å². The molecule has 0 spiro atoms. The summed E-state index contributed by atoms with van der Waals surface area (Å²) >= 11 is 0. The lowest BCUT2D eigenvalue weighted by Crippen LogP contribution is -2.16. The van der Waals surface area contributed by atoms with Gasteiger partial charge in [-0.1, -0.05) is 129 Å². The monoisotopic (exact) mass is 586 g/mol. The van der Waals surface area contributed by atoms with E-state index in [0.717, 1.165) is 22.1 Å². The summed E-state index contributed by atoms with van der Waals surface area (Å²) < 4.78 is 12.5. The second-order valence-corrected chi connectivity index (χ2v) is 14.6. The lowest BCUT2D eigenvalue weighted by molar-refractivity contribution is 0.0726. The molecule has 4 heteroatoms.